The summed E-state index contributed by atoms with van der Waals surface area (Å²) in [4.78, 5) is 22.0. The second-order valence-corrected chi connectivity index (χ2v) is 4.39. The highest BCUT2D eigenvalue weighted by molar-refractivity contribution is 5.82. The lowest BCUT2D eigenvalue weighted by Crippen LogP contribution is -2.48. The Morgan fingerprint density at radius 1 is 1.59 bits per heavy atom. The first-order valence-corrected chi connectivity index (χ1v) is 5.90. The van der Waals surface area contributed by atoms with Gasteiger partial charge in [-0.1, -0.05) is 0 Å². The quantitative estimate of drug-likeness (QED) is 0.603. The second kappa shape index (κ2) is 6.56. The first-order valence-electron chi connectivity index (χ1n) is 5.90. The van der Waals surface area contributed by atoms with E-state index in [1.165, 1.54) is 0 Å². The highest BCUT2D eigenvalue weighted by atomic mass is 16.5. The maximum absolute atomic E-state index is 11.6. The summed E-state index contributed by atoms with van der Waals surface area (Å²) < 4.78 is 5.44. The molecule has 1 aliphatic heterocycles. The van der Waals surface area contributed by atoms with Crippen molar-refractivity contribution < 1.29 is 19.4 Å². The third-order valence-corrected chi connectivity index (χ3v) is 2.90. The topological polar surface area (TPSA) is 102 Å². The molecule has 0 aromatic carbocycles. The van der Waals surface area contributed by atoms with Crippen molar-refractivity contribution in [2.45, 2.75) is 50.8 Å². The van der Waals surface area contributed by atoms with Gasteiger partial charge in [0.1, 0.15) is 0 Å². The largest absolute Gasteiger partial charge is 0.481 e. The van der Waals surface area contributed by atoms with Gasteiger partial charge in [-0.2, -0.15) is 0 Å². The summed E-state index contributed by atoms with van der Waals surface area (Å²) in [7, 11) is 0. The van der Waals surface area contributed by atoms with Crippen LogP contribution in [-0.4, -0.2) is 41.8 Å². The zero-order chi connectivity index (χ0) is 12.8. The molecule has 1 aliphatic rings. The number of amides is 1. The number of ether oxygens (including phenoxy) is 1. The van der Waals surface area contributed by atoms with Crippen LogP contribution in [0.1, 0.15) is 32.6 Å². The van der Waals surface area contributed by atoms with E-state index in [4.69, 9.17) is 15.6 Å². The molecule has 6 heteroatoms. The van der Waals surface area contributed by atoms with Crippen LogP contribution in [0, 0.1) is 0 Å². The lowest BCUT2D eigenvalue weighted by Gasteiger charge is -2.21. The van der Waals surface area contributed by atoms with Crippen LogP contribution in [0.4, 0.5) is 0 Å². The number of hydrogen-bond acceptors (Lipinski definition) is 4. The highest BCUT2D eigenvalue weighted by Gasteiger charge is 2.25. The van der Waals surface area contributed by atoms with Crippen LogP contribution in [0.3, 0.4) is 0 Å². The standard InChI is InChI=1S/C11H20N2O4/c1-7(9-3-2-6-17-9)13-11(16)8(12)4-5-10(14)15/h7-9H,2-6,12H2,1H3,(H,13,16)(H,14,15). The van der Waals surface area contributed by atoms with E-state index in [1.54, 1.807) is 0 Å². The van der Waals surface area contributed by atoms with Crippen LogP contribution in [-0.2, 0) is 14.3 Å². The highest BCUT2D eigenvalue weighted by Crippen LogP contribution is 2.15. The number of nitrogens with one attached hydrogen (secondary N) is 1. The molecule has 0 aliphatic carbocycles. The molecule has 6 nitrogen and oxygen atoms in total. The molecule has 0 bridgehead atoms. The van der Waals surface area contributed by atoms with Gasteiger partial charge in [0.25, 0.3) is 0 Å². The van der Waals surface area contributed by atoms with Gasteiger partial charge in [0.15, 0.2) is 0 Å². The predicted molar refractivity (Wildman–Crippen MR) is 61.4 cm³/mol. The summed E-state index contributed by atoms with van der Waals surface area (Å²) in [5.41, 5.74) is 5.60. The van der Waals surface area contributed by atoms with E-state index in [2.05, 4.69) is 5.32 Å². The summed E-state index contributed by atoms with van der Waals surface area (Å²) >= 11 is 0. The molecule has 3 unspecified atom stereocenters. The molecule has 98 valence electrons. The minimum absolute atomic E-state index is 0.0469. The lowest BCUT2D eigenvalue weighted by atomic mass is 10.1. The van der Waals surface area contributed by atoms with Crippen molar-refractivity contribution in [2.24, 2.45) is 5.73 Å². The van der Waals surface area contributed by atoms with Gasteiger partial charge < -0.3 is 20.9 Å². The van der Waals surface area contributed by atoms with Crippen LogP contribution < -0.4 is 11.1 Å². The van der Waals surface area contributed by atoms with Crippen molar-refractivity contribution >= 4 is 11.9 Å². The Balaban J connectivity index is 2.29. The Kier molecular flexibility index (Phi) is 5.37. The molecule has 0 radical (unpaired) electrons. The number of carbonyl (C=O) groups is 2. The summed E-state index contributed by atoms with van der Waals surface area (Å²) in [6.45, 7) is 2.60. The summed E-state index contributed by atoms with van der Waals surface area (Å²) in [5.74, 6) is -1.25. The minimum atomic E-state index is -0.944. The Hall–Kier alpha value is -1.14. The van der Waals surface area contributed by atoms with E-state index in [9.17, 15) is 9.59 Å². The smallest absolute Gasteiger partial charge is 0.303 e. The van der Waals surface area contributed by atoms with Crippen molar-refractivity contribution in [1.29, 1.82) is 0 Å². The fourth-order valence-electron chi connectivity index (χ4n) is 1.83. The van der Waals surface area contributed by atoms with Crippen LogP contribution in [0.5, 0.6) is 0 Å². The average Bonchev–Trinajstić information content (AvgIpc) is 2.78. The number of carboxylic acids is 1. The molecular weight excluding hydrogens is 224 g/mol. The Morgan fingerprint density at radius 3 is 2.82 bits per heavy atom. The minimum Gasteiger partial charge on any atom is -0.481 e. The van der Waals surface area contributed by atoms with Gasteiger partial charge in [-0.15, -0.1) is 0 Å². The maximum Gasteiger partial charge on any atom is 0.303 e. The number of hydrogen-bond donors (Lipinski definition) is 3. The summed E-state index contributed by atoms with van der Waals surface area (Å²) in [6, 6.07) is -0.851. The van der Waals surface area contributed by atoms with Crippen molar-refractivity contribution in [3.8, 4) is 0 Å². The SMILES string of the molecule is CC(NC(=O)C(N)CCC(=O)O)C1CCCO1. The van der Waals surface area contributed by atoms with Crippen molar-refractivity contribution in [2.75, 3.05) is 6.61 Å². The molecule has 4 N–H and O–H groups in total. The molecule has 1 fully saturated rings. The Labute approximate surface area is 101 Å². The van der Waals surface area contributed by atoms with Gasteiger partial charge in [-0.05, 0) is 26.2 Å². The second-order valence-electron chi connectivity index (χ2n) is 4.39. The van der Waals surface area contributed by atoms with Crippen molar-refractivity contribution in [3.63, 3.8) is 0 Å². The van der Waals surface area contributed by atoms with Crippen LogP contribution in [0.15, 0.2) is 0 Å². The number of nitrogens with two attached hydrogens (primary N) is 1. The number of rotatable bonds is 6. The third kappa shape index (κ3) is 4.70. The van der Waals surface area contributed by atoms with Gasteiger partial charge >= 0.3 is 5.97 Å². The average molecular weight is 244 g/mol. The number of carbonyl (C=O) groups excluding carboxylic acids is 1. The number of aliphatic carboxylic acids is 1. The number of carboxylic acid groups (broad SMARTS) is 1. The van der Waals surface area contributed by atoms with Gasteiger partial charge in [0, 0.05) is 13.0 Å². The van der Waals surface area contributed by atoms with Gasteiger partial charge in [-0.25, -0.2) is 0 Å². The lowest BCUT2D eigenvalue weighted by molar-refractivity contribution is -0.137. The first-order chi connectivity index (χ1) is 8.00. The fraction of sp³-hybridized carbons (Fsp3) is 0.818. The van der Waals surface area contributed by atoms with Gasteiger partial charge in [-0.3, -0.25) is 9.59 Å². The van der Waals surface area contributed by atoms with Crippen molar-refractivity contribution in [3.05, 3.63) is 0 Å². The Morgan fingerprint density at radius 2 is 2.29 bits per heavy atom. The molecule has 1 saturated heterocycles. The third-order valence-electron chi connectivity index (χ3n) is 2.90. The van der Waals surface area contributed by atoms with E-state index in [-0.39, 0.29) is 30.9 Å². The molecule has 0 spiro atoms. The monoisotopic (exact) mass is 244 g/mol. The molecule has 17 heavy (non-hydrogen) atoms. The molecular formula is C11H20N2O4. The van der Waals surface area contributed by atoms with Crippen LogP contribution in [0.25, 0.3) is 0 Å². The zero-order valence-electron chi connectivity index (χ0n) is 10.0. The maximum atomic E-state index is 11.6. The molecule has 1 heterocycles. The first kappa shape index (κ1) is 13.9. The van der Waals surface area contributed by atoms with E-state index in [0.717, 1.165) is 19.4 Å². The Bertz CT molecular complexity index is 277. The van der Waals surface area contributed by atoms with E-state index in [0.29, 0.717) is 0 Å². The van der Waals surface area contributed by atoms with Gasteiger partial charge in [0.2, 0.25) is 5.91 Å². The molecule has 0 aromatic rings. The van der Waals surface area contributed by atoms with Crippen molar-refractivity contribution in [1.82, 2.24) is 5.32 Å². The molecule has 0 saturated carbocycles. The van der Waals surface area contributed by atoms with Crippen LogP contribution in [0.2, 0.25) is 0 Å². The molecule has 0 aromatic heterocycles. The van der Waals surface area contributed by atoms with Crippen LogP contribution >= 0.6 is 0 Å². The van der Waals surface area contributed by atoms with Gasteiger partial charge in [0.05, 0.1) is 18.2 Å². The summed E-state index contributed by atoms with van der Waals surface area (Å²) in [5, 5.41) is 11.3. The zero-order valence-corrected chi connectivity index (χ0v) is 10.0. The molecule has 1 rings (SSSR count). The fourth-order valence-corrected chi connectivity index (χ4v) is 1.83. The normalized spacial score (nSPS) is 23.1. The van der Waals surface area contributed by atoms with E-state index < -0.39 is 12.0 Å². The van der Waals surface area contributed by atoms with E-state index >= 15 is 0 Å². The summed E-state index contributed by atoms with van der Waals surface area (Å²) in [6.07, 6.45) is 2.05. The molecule has 1 amide bonds. The predicted octanol–water partition coefficient (Wildman–Crippen LogP) is -0.138. The molecule has 3 atom stereocenters. The van der Waals surface area contributed by atoms with E-state index in [1.807, 2.05) is 6.92 Å².